The summed E-state index contributed by atoms with van der Waals surface area (Å²) in [6.07, 6.45) is 6.60. The number of amides is 1. The van der Waals surface area contributed by atoms with Crippen molar-refractivity contribution in [2.24, 2.45) is 0 Å². The summed E-state index contributed by atoms with van der Waals surface area (Å²) < 4.78 is 5.77. The lowest BCUT2D eigenvalue weighted by Gasteiger charge is -2.25. The van der Waals surface area contributed by atoms with Gasteiger partial charge in [-0.1, -0.05) is 25.1 Å². The minimum Gasteiger partial charge on any atom is -0.378 e. The quantitative estimate of drug-likeness (QED) is 0.788. The van der Waals surface area contributed by atoms with Crippen molar-refractivity contribution in [1.29, 1.82) is 0 Å². The van der Waals surface area contributed by atoms with Gasteiger partial charge in [-0.2, -0.15) is 0 Å². The smallest absolute Gasteiger partial charge is 0.225 e. The average molecular weight is 332 g/mol. The Labute approximate surface area is 146 Å². The van der Waals surface area contributed by atoms with E-state index in [9.17, 15) is 4.79 Å². The highest BCUT2D eigenvalue weighted by Crippen LogP contribution is 2.21. The average Bonchev–Trinajstić information content (AvgIpc) is 2.60. The zero-order chi connectivity index (χ0) is 17.4. The number of anilines is 1. The lowest BCUT2D eigenvalue weighted by Crippen LogP contribution is -2.29. The molecule has 1 aliphatic rings. The van der Waals surface area contributed by atoms with Crippen LogP contribution in [0.5, 0.6) is 0 Å². The third-order valence-corrected chi connectivity index (χ3v) is 4.83. The second-order valence-electron chi connectivity index (χ2n) is 6.84. The van der Waals surface area contributed by atoms with Gasteiger partial charge in [-0.3, -0.25) is 4.79 Å². The highest BCUT2D eigenvalue weighted by Gasteiger charge is 2.15. The summed E-state index contributed by atoms with van der Waals surface area (Å²) >= 11 is 0. The summed E-state index contributed by atoms with van der Waals surface area (Å²) in [7, 11) is 2.08. The molecule has 4 nitrogen and oxygen atoms in total. The monoisotopic (exact) mass is 332 g/mol. The van der Waals surface area contributed by atoms with E-state index in [1.807, 2.05) is 19.1 Å². The Morgan fingerprint density at radius 1 is 1.33 bits per heavy atom. The summed E-state index contributed by atoms with van der Waals surface area (Å²) in [5, 5.41) is 3.10. The van der Waals surface area contributed by atoms with Gasteiger partial charge in [0.25, 0.3) is 0 Å². The number of hydrogen-bond donors (Lipinski definition) is 1. The molecule has 1 aliphatic heterocycles. The Balaban J connectivity index is 1.72. The highest BCUT2D eigenvalue weighted by molar-refractivity contribution is 5.92. The largest absolute Gasteiger partial charge is 0.378 e. The van der Waals surface area contributed by atoms with E-state index in [2.05, 4.69) is 30.3 Å². The van der Waals surface area contributed by atoms with Crippen molar-refractivity contribution in [3.63, 3.8) is 0 Å². The second kappa shape index (κ2) is 9.80. The van der Waals surface area contributed by atoms with Crippen LogP contribution in [0.25, 0.3) is 0 Å². The zero-order valence-corrected chi connectivity index (χ0v) is 15.4. The maximum atomic E-state index is 12.3. The molecule has 1 atom stereocenters. The number of carbonyl (C=O) groups excluding carboxylic acids is 1. The molecule has 1 amide bonds. The Kier molecular flexibility index (Phi) is 7.73. The van der Waals surface area contributed by atoms with Crippen molar-refractivity contribution >= 4 is 11.6 Å². The normalized spacial score (nSPS) is 17.9. The summed E-state index contributed by atoms with van der Waals surface area (Å²) in [6.45, 7) is 6.85. The first-order chi connectivity index (χ1) is 11.6. The van der Waals surface area contributed by atoms with E-state index in [1.54, 1.807) is 0 Å². The van der Waals surface area contributed by atoms with Crippen LogP contribution >= 0.6 is 0 Å². The van der Waals surface area contributed by atoms with Gasteiger partial charge in [0.05, 0.1) is 6.10 Å². The standard InChI is InChI=1S/C20H32N2O2/c1-4-17-9-7-8-16(2)20(17)21-19(23)12-14-22(3)13-11-18-10-5-6-15-24-18/h7-9,18H,4-6,10-15H2,1-3H3,(H,21,23). The molecule has 0 spiro atoms. The zero-order valence-electron chi connectivity index (χ0n) is 15.4. The van der Waals surface area contributed by atoms with E-state index in [0.717, 1.165) is 43.8 Å². The Morgan fingerprint density at radius 2 is 2.17 bits per heavy atom. The first-order valence-corrected chi connectivity index (χ1v) is 9.28. The number of nitrogens with one attached hydrogen (secondary N) is 1. The van der Waals surface area contributed by atoms with E-state index in [0.29, 0.717) is 12.5 Å². The molecule has 0 saturated carbocycles. The van der Waals surface area contributed by atoms with E-state index in [1.165, 1.54) is 24.8 Å². The van der Waals surface area contributed by atoms with Crippen molar-refractivity contribution < 1.29 is 9.53 Å². The molecule has 1 heterocycles. The minimum absolute atomic E-state index is 0.0970. The molecule has 0 aliphatic carbocycles. The van der Waals surface area contributed by atoms with Gasteiger partial charge in [0.1, 0.15) is 0 Å². The van der Waals surface area contributed by atoms with Crippen molar-refractivity contribution in [1.82, 2.24) is 4.90 Å². The molecule has 0 bridgehead atoms. The molecule has 134 valence electrons. The topological polar surface area (TPSA) is 41.6 Å². The van der Waals surface area contributed by atoms with Gasteiger partial charge < -0.3 is 15.0 Å². The van der Waals surface area contributed by atoms with Gasteiger partial charge in [-0.25, -0.2) is 0 Å². The third kappa shape index (κ3) is 5.91. The Bertz CT molecular complexity index is 524. The van der Waals surface area contributed by atoms with Crippen molar-refractivity contribution in [2.75, 3.05) is 32.1 Å². The summed E-state index contributed by atoms with van der Waals surface area (Å²) in [5.74, 6) is 0.0970. The molecule has 1 saturated heterocycles. The van der Waals surface area contributed by atoms with Crippen LogP contribution in [0.2, 0.25) is 0 Å². The first kappa shape index (κ1) is 18.9. The molecule has 2 rings (SSSR count). The van der Waals surface area contributed by atoms with E-state index in [-0.39, 0.29) is 5.91 Å². The van der Waals surface area contributed by atoms with Gasteiger partial charge in [-0.05, 0) is 57.2 Å². The second-order valence-corrected chi connectivity index (χ2v) is 6.84. The number of aryl methyl sites for hydroxylation is 2. The molecule has 1 N–H and O–H groups in total. The molecule has 24 heavy (non-hydrogen) atoms. The van der Waals surface area contributed by atoms with Gasteiger partial charge >= 0.3 is 0 Å². The van der Waals surface area contributed by atoms with Crippen LogP contribution in [0.15, 0.2) is 18.2 Å². The van der Waals surface area contributed by atoms with Crippen LogP contribution in [0, 0.1) is 6.92 Å². The lowest BCUT2D eigenvalue weighted by atomic mass is 10.1. The fraction of sp³-hybridized carbons (Fsp3) is 0.650. The van der Waals surface area contributed by atoms with Crippen LogP contribution in [0.4, 0.5) is 5.69 Å². The predicted molar refractivity (Wildman–Crippen MR) is 99.5 cm³/mol. The van der Waals surface area contributed by atoms with Crippen LogP contribution in [-0.2, 0) is 16.0 Å². The molecule has 0 radical (unpaired) electrons. The number of hydrogen-bond acceptors (Lipinski definition) is 3. The Morgan fingerprint density at radius 3 is 2.88 bits per heavy atom. The lowest BCUT2D eigenvalue weighted by molar-refractivity contribution is -0.116. The molecule has 1 aromatic carbocycles. The van der Waals surface area contributed by atoms with Crippen molar-refractivity contribution in [2.45, 2.75) is 58.5 Å². The van der Waals surface area contributed by atoms with Gasteiger partial charge in [0.2, 0.25) is 5.91 Å². The van der Waals surface area contributed by atoms with E-state index < -0.39 is 0 Å². The number of rotatable bonds is 8. The number of nitrogens with zero attached hydrogens (tertiary/aromatic N) is 1. The number of benzene rings is 1. The van der Waals surface area contributed by atoms with E-state index >= 15 is 0 Å². The predicted octanol–water partition coefficient (Wildman–Crippen LogP) is 3.78. The third-order valence-electron chi connectivity index (χ3n) is 4.83. The highest BCUT2D eigenvalue weighted by atomic mass is 16.5. The maximum Gasteiger partial charge on any atom is 0.225 e. The summed E-state index contributed by atoms with van der Waals surface area (Å²) in [5.41, 5.74) is 3.32. The molecule has 1 unspecified atom stereocenters. The molecule has 1 fully saturated rings. The van der Waals surface area contributed by atoms with Crippen LogP contribution in [-0.4, -0.2) is 43.7 Å². The molecule has 0 aromatic heterocycles. The minimum atomic E-state index is 0.0970. The van der Waals surface area contributed by atoms with Gasteiger partial charge in [0, 0.05) is 31.8 Å². The van der Waals surface area contributed by atoms with E-state index in [4.69, 9.17) is 4.74 Å². The number of ether oxygens (including phenoxy) is 1. The number of para-hydroxylation sites is 1. The first-order valence-electron chi connectivity index (χ1n) is 9.28. The van der Waals surface area contributed by atoms with Crippen LogP contribution < -0.4 is 5.32 Å². The SMILES string of the molecule is CCc1cccc(C)c1NC(=O)CCN(C)CCC1CCCCO1. The molecular formula is C20H32N2O2. The van der Waals surface area contributed by atoms with Gasteiger partial charge in [0.15, 0.2) is 0 Å². The van der Waals surface area contributed by atoms with Crippen LogP contribution in [0.3, 0.4) is 0 Å². The van der Waals surface area contributed by atoms with Crippen molar-refractivity contribution in [3.05, 3.63) is 29.3 Å². The summed E-state index contributed by atoms with van der Waals surface area (Å²) in [6, 6.07) is 6.18. The van der Waals surface area contributed by atoms with Crippen LogP contribution in [0.1, 0.15) is 50.2 Å². The Hall–Kier alpha value is -1.39. The maximum absolute atomic E-state index is 12.3. The molecule has 1 aromatic rings. The molecular weight excluding hydrogens is 300 g/mol. The van der Waals surface area contributed by atoms with Crippen molar-refractivity contribution in [3.8, 4) is 0 Å². The summed E-state index contributed by atoms with van der Waals surface area (Å²) in [4.78, 5) is 14.5. The van der Waals surface area contributed by atoms with Gasteiger partial charge in [-0.15, -0.1) is 0 Å². The fourth-order valence-corrected chi connectivity index (χ4v) is 3.21. The number of carbonyl (C=O) groups is 1. The fourth-order valence-electron chi connectivity index (χ4n) is 3.21. The molecule has 4 heteroatoms.